The van der Waals surface area contributed by atoms with E-state index in [1.54, 1.807) is 0 Å². The van der Waals surface area contributed by atoms with Gasteiger partial charge in [-0.25, -0.2) is 9.59 Å². The van der Waals surface area contributed by atoms with Gasteiger partial charge in [-0.15, -0.1) is 0 Å². The average Bonchev–Trinajstić information content (AvgIpc) is 2.99. The molecule has 0 unspecified atom stereocenters. The van der Waals surface area contributed by atoms with E-state index >= 15 is 0 Å². The SMILES string of the molecule is CCC1CCC2(CC1)NC(=O)N(CC(=O)OCC(=O)c1c(N)n(C)c(=O)n(C)c1=O)C2=O. The molecule has 12 nitrogen and oxygen atoms in total. The first-order valence-electron chi connectivity index (χ1n) is 10.4. The van der Waals surface area contributed by atoms with Crippen LogP contribution in [0.3, 0.4) is 0 Å². The molecule has 12 heteroatoms. The molecule has 174 valence electrons. The van der Waals surface area contributed by atoms with Gasteiger partial charge >= 0.3 is 17.7 Å². The highest BCUT2D eigenvalue weighted by atomic mass is 16.5. The molecule has 1 spiro atoms. The zero-order valence-electron chi connectivity index (χ0n) is 18.3. The van der Waals surface area contributed by atoms with E-state index in [1.165, 1.54) is 14.1 Å². The van der Waals surface area contributed by atoms with Crippen LogP contribution in [0.2, 0.25) is 0 Å². The Labute approximate surface area is 183 Å². The molecule has 2 fully saturated rings. The van der Waals surface area contributed by atoms with Crippen molar-refractivity contribution >= 4 is 29.5 Å². The van der Waals surface area contributed by atoms with Gasteiger partial charge in [-0.2, -0.15) is 0 Å². The number of ether oxygens (including phenoxy) is 1. The van der Waals surface area contributed by atoms with Crippen LogP contribution in [-0.4, -0.2) is 56.4 Å². The van der Waals surface area contributed by atoms with Crippen molar-refractivity contribution in [2.45, 2.75) is 44.6 Å². The fourth-order valence-corrected chi connectivity index (χ4v) is 4.25. The number of ketones is 1. The van der Waals surface area contributed by atoms with Crippen molar-refractivity contribution < 1.29 is 23.9 Å². The molecule has 32 heavy (non-hydrogen) atoms. The number of nitrogens with two attached hydrogens (primary N) is 1. The number of esters is 1. The summed E-state index contributed by atoms with van der Waals surface area (Å²) < 4.78 is 6.53. The Morgan fingerprint density at radius 2 is 1.75 bits per heavy atom. The molecule has 0 aromatic carbocycles. The van der Waals surface area contributed by atoms with Gasteiger partial charge in [0.05, 0.1) is 0 Å². The number of hydrogen-bond donors (Lipinski definition) is 2. The number of carbonyl (C=O) groups is 4. The number of rotatable bonds is 6. The van der Waals surface area contributed by atoms with E-state index in [1.807, 2.05) is 0 Å². The maximum atomic E-state index is 12.9. The Balaban J connectivity index is 1.64. The normalized spacial score (nSPS) is 22.8. The lowest BCUT2D eigenvalue weighted by atomic mass is 9.75. The first-order valence-corrected chi connectivity index (χ1v) is 10.4. The Hall–Kier alpha value is -3.44. The van der Waals surface area contributed by atoms with E-state index in [0.717, 1.165) is 28.7 Å². The lowest BCUT2D eigenvalue weighted by Gasteiger charge is -2.34. The van der Waals surface area contributed by atoms with Crippen LogP contribution in [0.5, 0.6) is 0 Å². The standard InChI is InChI=1S/C20H27N5O7/c1-4-11-5-7-20(8-6-11)17(29)25(18(30)22-20)9-13(27)32-10-12(26)14-15(21)23(2)19(31)24(3)16(14)28/h11H,4-10,21H2,1-3H3,(H,22,30). The van der Waals surface area contributed by atoms with Crippen LogP contribution in [0.4, 0.5) is 10.6 Å². The number of nitrogens with zero attached hydrogens (tertiary/aromatic N) is 3. The molecule has 1 aliphatic carbocycles. The van der Waals surface area contributed by atoms with E-state index in [0.29, 0.717) is 23.3 Å². The molecular weight excluding hydrogens is 422 g/mol. The van der Waals surface area contributed by atoms with Crippen molar-refractivity contribution in [3.8, 4) is 0 Å². The smallest absolute Gasteiger partial charge is 0.332 e. The Morgan fingerprint density at radius 1 is 1.12 bits per heavy atom. The van der Waals surface area contributed by atoms with Gasteiger partial charge in [0.2, 0.25) is 5.78 Å². The monoisotopic (exact) mass is 449 g/mol. The average molecular weight is 449 g/mol. The summed E-state index contributed by atoms with van der Waals surface area (Å²) in [6.45, 7) is 0.598. The Kier molecular flexibility index (Phi) is 6.24. The lowest BCUT2D eigenvalue weighted by molar-refractivity contribution is -0.147. The van der Waals surface area contributed by atoms with Gasteiger partial charge in [-0.05, 0) is 31.6 Å². The van der Waals surface area contributed by atoms with Crippen LogP contribution in [0, 0.1) is 5.92 Å². The molecule has 1 saturated carbocycles. The van der Waals surface area contributed by atoms with E-state index in [4.69, 9.17) is 10.5 Å². The van der Waals surface area contributed by atoms with Gasteiger partial charge in [-0.1, -0.05) is 13.3 Å². The minimum atomic E-state index is -0.992. The van der Waals surface area contributed by atoms with Crippen molar-refractivity contribution in [3.63, 3.8) is 0 Å². The fourth-order valence-electron chi connectivity index (χ4n) is 4.25. The minimum absolute atomic E-state index is 0.349. The molecular formula is C20H27N5O7. The fraction of sp³-hybridized carbons (Fsp3) is 0.600. The largest absolute Gasteiger partial charge is 0.456 e. The number of urea groups is 1. The molecule has 3 amide bonds. The van der Waals surface area contributed by atoms with E-state index in [9.17, 15) is 28.8 Å². The first-order chi connectivity index (χ1) is 15.0. The van der Waals surface area contributed by atoms with Crippen LogP contribution in [0.1, 0.15) is 49.4 Å². The van der Waals surface area contributed by atoms with E-state index in [-0.39, 0.29) is 5.82 Å². The molecule has 2 heterocycles. The van der Waals surface area contributed by atoms with Crippen LogP contribution in [0.25, 0.3) is 0 Å². The van der Waals surface area contributed by atoms with E-state index < -0.39 is 59.2 Å². The summed E-state index contributed by atoms with van der Waals surface area (Å²) in [6.07, 6.45) is 3.65. The first kappa shape index (κ1) is 23.2. The summed E-state index contributed by atoms with van der Waals surface area (Å²) in [7, 11) is 2.48. The number of carbonyl (C=O) groups excluding carboxylic acids is 4. The second-order valence-electron chi connectivity index (χ2n) is 8.31. The van der Waals surface area contributed by atoms with Crippen molar-refractivity contribution in [2.24, 2.45) is 20.0 Å². The van der Waals surface area contributed by atoms with Crippen LogP contribution in [-0.2, 0) is 28.4 Å². The van der Waals surface area contributed by atoms with Crippen molar-refractivity contribution in [1.29, 1.82) is 0 Å². The summed E-state index contributed by atoms with van der Waals surface area (Å²) in [4.78, 5) is 74.7. The van der Waals surface area contributed by atoms with E-state index in [2.05, 4.69) is 12.2 Å². The number of nitrogens with one attached hydrogen (secondary N) is 1. The van der Waals surface area contributed by atoms with Gasteiger partial charge in [0.1, 0.15) is 23.5 Å². The molecule has 1 aliphatic heterocycles. The maximum absolute atomic E-state index is 12.9. The summed E-state index contributed by atoms with van der Waals surface area (Å²) in [5, 5.41) is 2.71. The number of hydrogen-bond acceptors (Lipinski definition) is 8. The highest BCUT2D eigenvalue weighted by molar-refractivity contribution is 6.09. The molecule has 1 aromatic rings. The van der Waals surface area contributed by atoms with Gasteiger partial charge < -0.3 is 15.8 Å². The minimum Gasteiger partial charge on any atom is -0.456 e. The predicted octanol–water partition coefficient (Wildman–Crippen LogP) is -0.717. The summed E-state index contributed by atoms with van der Waals surface area (Å²) in [5.74, 6) is -2.21. The zero-order valence-corrected chi connectivity index (χ0v) is 18.3. The number of imide groups is 1. The highest BCUT2D eigenvalue weighted by Crippen LogP contribution is 2.37. The van der Waals surface area contributed by atoms with Crippen LogP contribution >= 0.6 is 0 Å². The number of amides is 3. The topological polar surface area (TPSA) is 163 Å². The second kappa shape index (κ2) is 8.60. The van der Waals surface area contributed by atoms with Crippen molar-refractivity contribution in [1.82, 2.24) is 19.4 Å². The number of nitrogen functional groups attached to an aromatic ring is 1. The third-order valence-corrected chi connectivity index (χ3v) is 6.42. The molecule has 0 atom stereocenters. The molecule has 3 rings (SSSR count). The Morgan fingerprint density at radius 3 is 2.34 bits per heavy atom. The summed E-state index contributed by atoms with van der Waals surface area (Å²) in [5.41, 5.74) is 2.62. The number of anilines is 1. The third kappa shape index (κ3) is 3.92. The molecule has 0 bridgehead atoms. The molecule has 3 N–H and O–H groups in total. The zero-order chi connectivity index (χ0) is 23.8. The number of Topliss-reactive ketones (excluding diaryl/α,β-unsaturated/α-hetero) is 1. The molecule has 1 aromatic heterocycles. The van der Waals surface area contributed by atoms with Gasteiger partial charge in [0.25, 0.3) is 11.5 Å². The molecule has 1 saturated heterocycles. The van der Waals surface area contributed by atoms with Gasteiger partial charge in [0, 0.05) is 14.1 Å². The molecule has 2 aliphatic rings. The lowest BCUT2D eigenvalue weighted by Crippen LogP contribution is -2.49. The van der Waals surface area contributed by atoms with Gasteiger partial charge in [0.15, 0.2) is 6.61 Å². The van der Waals surface area contributed by atoms with Crippen molar-refractivity contribution in [2.75, 3.05) is 18.9 Å². The maximum Gasteiger partial charge on any atom is 0.332 e. The Bertz CT molecular complexity index is 1090. The highest BCUT2D eigenvalue weighted by Gasteiger charge is 2.52. The van der Waals surface area contributed by atoms with Crippen LogP contribution in [0.15, 0.2) is 9.59 Å². The summed E-state index contributed by atoms with van der Waals surface area (Å²) >= 11 is 0. The predicted molar refractivity (Wildman–Crippen MR) is 112 cm³/mol. The third-order valence-electron chi connectivity index (χ3n) is 6.42. The summed E-state index contributed by atoms with van der Waals surface area (Å²) in [6, 6.07) is -0.676. The quantitative estimate of drug-likeness (QED) is 0.327. The van der Waals surface area contributed by atoms with Crippen molar-refractivity contribution in [3.05, 3.63) is 26.4 Å². The van der Waals surface area contributed by atoms with Crippen LogP contribution < -0.4 is 22.3 Å². The molecule has 0 radical (unpaired) electrons. The number of aromatic nitrogens is 2. The van der Waals surface area contributed by atoms with Gasteiger partial charge in [-0.3, -0.25) is 33.2 Å². The second-order valence-corrected chi connectivity index (χ2v) is 8.31.